The molecule has 0 aromatic heterocycles. The number of allylic oxidation sites excluding steroid dienone is 1. The van der Waals surface area contributed by atoms with Crippen LogP contribution in [0.15, 0.2) is 77.3 Å². The van der Waals surface area contributed by atoms with Crippen molar-refractivity contribution < 1.29 is 33.7 Å². The first-order valence-electron chi connectivity index (χ1n) is 9.94. The fraction of sp³-hybridized carbons (Fsp3) is 0.167. The molecule has 2 aromatic rings. The predicted molar refractivity (Wildman–Crippen MR) is 119 cm³/mol. The molecule has 0 fully saturated rings. The largest absolute Gasteiger partial charge is 0.482 e. The minimum Gasteiger partial charge on any atom is -0.482 e. The van der Waals surface area contributed by atoms with Crippen LogP contribution in [0.5, 0.6) is 5.75 Å². The van der Waals surface area contributed by atoms with Gasteiger partial charge in [-0.25, -0.2) is 14.4 Å². The summed E-state index contributed by atoms with van der Waals surface area (Å²) >= 11 is 0. The van der Waals surface area contributed by atoms with Gasteiger partial charge in [-0.05, 0) is 17.7 Å². The Morgan fingerprint density at radius 2 is 1.74 bits per heavy atom. The molecule has 1 atom stereocenters. The lowest BCUT2D eigenvalue weighted by Gasteiger charge is -2.36. The Hall–Kier alpha value is -4.78. The summed E-state index contributed by atoms with van der Waals surface area (Å²) in [5.41, 5.74) is 6.82. The first kappa shape index (κ1) is 23.9. The van der Waals surface area contributed by atoms with E-state index in [1.54, 1.807) is 42.5 Å². The Labute approximate surface area is 195 Å². The number of carboxylic acids is 1. The number of ether oxygens (including phenoxy) is 3. The highest BCUT2D eigenvalue weighted by molar-refractivity contribution is 6.06. The molecule has 10 nitrogen and oxygen atoms in total. The zero-order valence-corrected chi connectivity index (χ0v) is 18.3. The monoisotopic (exact) mass is 463 g/mol. The van der Waals surface area contributed by atoms with Crippen LogP contribution in [0.2, 0.25) is 0 Å². The number of carbonyl (C=O) groups excluding carboxylic acids is 2. The van der Waals surface area contributed by atoms with Crippen LogP contribution in [0.1, 0.15) is 11.5 Å². The summed E-state index contributed by atoms with van der Waals surface area (Å²) in [6.45, 7) is -0.596. The van der Waals surface area contributed by atoms with Gasteiger partial charge in [-0.2, -0.15) is 5.26 Å². The van der Waals surface area contributed by atoms with Crippen molar-refractivity contribution in [3.8, 4) is 11.8 Å². The molecule has 0 saturated heterocycles. The number of hydrogen-bond donors (Lipinski definition) is 2. The van der Waals surface area contributed by atoms with Gasteiger partial charge in [-0.15, -0.1) is 0 Å². The topological polar surface area (TPSA) is 152 Å². The molecular formula is C24H21N3O7. The predicted octanol–water partition coefficient (Wildman–Crippen LogP) is 2.05. The summed E-state index contributed by atoms with van der Waals surface area (Å²) in [4.78, 5) is 38.1. The zero-order valence-electron chi connectivity index (χ0n) is 18.3. The molecule has 0 bridgehead atoms. The van der Waals surface area contributed by atoms with Gasteiger partial charge < -0.3 is 25.1 Å². The number of carbonyl (C=O) groups is 3. The Kier molecular flexibility index (Phi) is 7.18. The van der Waals surface area contributed by atoms with Crippen molar-refractivity contribution in [2.24, 2.45) is 5.73 Å². The SMILES string of the molecule is COC(=O)C1=C(C(=O)OC)N(c2cccc(OCC(=O)O)c2)C(N)=C(C#N)C1c1ccccc1. The van der Waals surface area contributed by atoms with Crippen molar-refractivity contribution in [2.75, 3.05) is 25.7 Å². The first-order valence-corrected chi connectivity index (χ1v) is 9.94. The van der Waals surface area contributed by atoms with E-state index in [4.69, 9.17) is 25.1 Å². The van der Waals surface area contributed by atoms with Gasteiger partial charge in [0.1, 0.15) is 17.3 Å². The Morgan fingerprint density at radius 3 is 2.32 bits per heavy atom. The van der Waals surface area contributed by atoms with Gasteiger partial charge in [-0.3, -0.25) is 4.90 Å². The molecule has 0 radical (unpaired) electrons. The van der Waals surface area contributed by atoms with Crippen molar-refractivity contribution in [1.29, 1.82) is 5.26 Å². The highest BCUT2D eigenvalue weighted by Crippen LogP contribution is 2.43. The molecule has 1 aliphatic heterocycles. The van der Waals surface area contributed by atoms with Crippen molar-refractivity contribution in [3.63, 3.8) is 0 Å². The number of benzene rings is 2. The molecule has 0 saturated carbocycles. The molecule has 2 aromatic carbocycles. The summed E-state index contributed by atoms with van der Waals surface area (Å²) in [5, 5.41) is 18.9. The van der Waals surface area contributed by atoms with Gasteiger partial charge in [0.05, 0.1) is 43.0 Å². The Bertz CT molecular complexity index is 1230. The summed E-state index contributed by atoms with van der Waals surface area (Å²) in [7, 11) is 2.30. The van der Waals surface area contributed by atoms with Gasteiger partial charge in [0.2, 0.25) is 0 Å². The first-order chi connectivity index (χ1) is 16.3. The highest BCUT2D eigenvalue weighted by Gasteiger charge is 2.43. The summed E-state index contributed by atoms with van der Waals surface area (Å²) < 4.78 is 15.2. The van der Waals surface area contributed by atoms with Gasteiger partial charge in [0.25, 0.3) is 0 Å². The van der Waals surface area contributed by atoms with E-state index in [0.717, 1.165) is 14.2 Å². The molecule has 174 valence electrons. The quantitative estimate of drug-likeness (QED) is 0.583. The molecule has 3 rings (SSSR count). The summed E-state index contributed by atoms with van der Waals surface area (Å²) in [5.74, 6) is -3.85. The molecule has 1 heterocycles. The summed E-state index contributed by atoms with van der Waals surface area (Å²) in [6.07, 6.45) is 0. The molecule has 34 heavy (non-hydrogen) atoms. The van der Waals surface area contributed by atoms with E-state index < -0.39 is 30.4 Å². The van der Waals surface area contributed by atoms with Crippen LogP contribution in [-0.4, -0.2) is 43.8 Å². The van der Waals surface area contributed by atoms with Gasteiger partial charge in [0, 0.05) is 6.07 Å². The number of hydrogen-bond acceptors (Lipinski definition) is 9. The van der Waals surface area contributed by atoms with E-state index >= 15 is 0 Å². The van der Waals surface area contributed by atoms with Crippen LogP contribution in [-0.2, 0) is 23.9 Å². The number of esters is 2. The average Bonchev–Trinajstić information content (AvgIpc) is 2.86. The highest BCUT2D eigenvalue weighted by atomic mass is 16.5. The van der Waals surface area contributed by atoms with Crippen LogP contribution < -0.4 is 15.4 Å². The maximum Gasteiger partial charge on any atom is 0.355 e. The maximum atomic E-state index is 13.0. The second-order valence-corrected chi connectivity index (χ2v) is 7.02. The molecule has 3 N–H and O–H groups in total. The maximum absolute atomic E-state index is 13.0. The fourth-order valence-electron chi connectivity index (χ4n) is 3.64. The third-order valence-electron chi connectivity index (χ3n) is 5.05. The van der Waals surface area contributed by atoms with E-state index in [2.05, 4.69) is 6.07 Å². The summed E-state index contributed by atoms with van der Waals surface area (Å²) in [6, 6.07) is 16.7. The lowest BCUT2D eigenvalue weighted by Crippen LogP contribution is -2.40. The van der Waals surface area contributed by atoms with Gasteiger partial charge in [0.15, 0.2) is 6.61 Å². The third kappa shape index (κ3) is 4.54. The fourth-order valence-corrected chi connectivity index (χ4v) is 3.64. The van der Waals surface area contributed by atoms with Crippen molar-refractivity contribution >= 4 is 23.6 Å². The van der Waals surface area contributed by atoms with Crippen molar-refractivity contribution in [2.45, 2.75) is 5.92 Å². The van der Waals surface area contributed by atoms with Gasteiger partial charge in [-0.1, -0.05) is 36.4 Å². The van der Waals surface area contributed by atoms with E-state index in [-0.39, 0.29) is 34.1 Å². The molecular weight excluding hydrogens is 442 g/mol. The Morgan fingerprint density at radius 1 is 1.06 bits per heavy atom. The molecule has 0 amide bonds. The molecule has 0 spiro atoms. The standard InChI is InChI=1S/C24H21N3O7/c1-32-23(30)20-19(14-7-4-3-5-8-14)17(12-25)22(26)27(21(20)24(31)33-2)15-9-6-10-16(11-15)34-13-18(28)29/h3-11,19H,13,26H2,1-2H3,(H,28,29). The number of nitriles is 1. The number of nitrogens with two attached hydrogens (primary N) is 1. The molecule has 10 heteroatoms. The molecule has 1 unspecified atom stereocenters. The normalized spacial score (nSPS) is 15.4. The van der Waals surface area contributed by atoms with Crippen molar-refractivity contribution in [1.82, 2.24) is 0 Å². The second kappa shape index (κ2) is 10.2. The lowest BCUT2D eigenvalue weighted by atomic mass is 9.81. The second-order valence-electron chi connectivity index (χ2n) is 7.02. The third-order valence-corrected chi connectivity index (χ3v) is 5.05. The smallest absolute Gasteiger partial charge is 0.355 e. The minimum atomic E-state index is -1.18. The number of aliphatic carboxylic acids is 1. The molecule has 1 aliphatic rings. The van der Waals surface area contributed by atoms with Crippen molar-refractivity contribution in [3.05, 3.63) is 82.8 Å². The minimum absolute atomic E-state index is 0.0103. The number of methoxy groups -OCH3 is 2. The van der Waals surface area contributed by atoms with E-state index in [1.165, 1.54) is 17.0 Å². The van der Waals surface area contributed by atoms with Gasteiger partial charge >= 0.3 is 17.9 Å². The van der Waals surface area contributed by atoms with Crippen LogP contribution in [0.4, 0.5) is 5.69 Å². The number of nitrogens with zero attached hydrogens (tertiary/aromatic N) is 2. The number of anilines is 1. The Balaban J connectivity index is 2.31. The van der Waals surface area contributed by atoms with E-state index in [9.17, 15) is 19.6 Å². The lowest BCUT2D eigenvalue weighted by molar-refractivity contribution is -0.139. The number of carboxylic acid groups (broad SMARTS) is 1. The van der Waals surface area contributed by atoms with Crippen LogP contribution >= 0.6 is 0 Å². The number of rotatable bonds is 7. The van der Waals surface area contributed by atoms with Crippen LogP contribution in [0.25, 0.3) is 0 Å². The van der Waals surface area contributed by atoms with E-state index in [0.29, 0.717) is 5.56 Å². The van der Waals surface area contributed by atoms with Crippen LogP contribution in [0, 0.1) is 11.3 Å². The van der Waals surface area contributed by atoms with Crippen LogP contribution in [0.3, 0.4) is 0 Å². The van der Waals surface area contributed by atoms with E-state index in [1.807, 2.05) is 0 Å². The zero-order chi connectivity index (χ0) is 24.8. The molecule has 0 aliphatic carbocycles. The average molecular weight is 463 g/mol.